The van der Waals surface area contributed by atoms with Crippen molar-refractivity contribution >= 4 is 32.6 Å². The average Bonchev–Trinajstić information content (AvgIpc) is 2.51. The second-order valence-corrected chi connectivity index (χ2v) is 5.89. The van der Waals surface area contributed by atoms with Crippen LogP contribution in [0.25, 0.3) is 10.9 Å². The highest BCUT2D eigenvalue weighted by molar-refractivity contribution is 9.10. The fourth-order valence-electron chi connectivity index (χ4n) is 2.18. The first-order valence-electron chi connectivity index (χ1n) is 5.67. The maximum atomic E-state index is 12.2. The van der Waals surface area contributed by atoms with Gasteiger partial charge in [0.2, 0.25) is 0 Å². The first-order valence-corrected chi connectivity index (χ1v) is 6.59. The van der Waals surface area contributed by atoms with Gasteiger partial charge < -0.3 is 4.57 Å². The van der Waals surface area contributed by atoms with Crippen LogP contribution in [0.1, 0.15) is 28.5 Å². The Morgan fingerprint density at radius 2 is 2.00 bits per heavy atom. The van der Waals surface area contributed by atoms with E-state index < -0.39 is 0 Å². The molecule has 0 radical (unpaired) electrons. The van der Waals surface area contributed by atoms with E-state index in [-0.39, 0.29) is 10.6 Å². The molecule has 1 aromatic carbocycles. The van der Waals surface area contributed by atoms with Crippen molar-refractivity contribution < 1.29 is 4.79 Å². The zero-order valence-electron chi connectivity index (χ0n) is 10.5. The lowest BCUT2D eigenvalue weighted by atomic mass is 10.0. The van der Waals surface area contributed by atoms with Gasteiger partial charge in [-0.1, -0.05) is 28.1 Å². The molecule has 0 bridgehead atoms. The van der Waals surface area contributed by atoms with Gasteiger partial charge in [-0.3, -0.25) is 4.79 Å². The van der Waals surface area contributed by atoms with Crippen LogP contribution in [0, 0.1) is 13.8 Å². The molecule has 0 spiro atoms. The number of benzene rings is 1. The van der Waals surface area contributed by atoms with Gasteiger partial charge in [-0.25, -0.2) is 0 Å². The quantitative estimate of drug-likeness (QED) is 0.610. The molecule has 0 N–H and O–H groups in total. The lowest BCUT2D eigenvalue weighted by Gasteiger charge is -2.03. The number of hydrogen-bond donors (Lipinski definition) is 0. The SMILES string of the molecule is Cc1ccc2c(C(=O)[C@@H](C)Br)c(C)n(C)c2c1. The smallest absolute Gasteiger partial charge is 0.178 e. The van der Waals surface area contributed by atoms with Crippen molar-refractivity contribution in [2.24, 2.45) is 7.05 Å². The molecule has 1 atom stereocenters. The number of carbonyl (C=O) groups is 1. The number of ketones is 1. The monoisotopic (exact) mass is 293 g/mol. The molecule has 0 amide bonds. The van der Waals surface area contributed by atoms with E-state index in [0.29, 0.717) is 0 Å². The van der Waals surface area contributed by atoms with Crippen LogP contribution in [0.5, 0.6) is 0 Å². The van der Waals surface area contributed by atoms with E-state index >= 15 is 0 Å². The number of aryl methyl sites for hydroxylation is 2. The first kappa shape index (κ1) is 12.4. The Hall–Kier alpha value is -1.09. The molecular weight excluding hydrogens is 278 g/mol. The Labute approximate surface area is 110 Å². The van der Waals surface area contributed by atoms with Crippen molar-refractivity contribution in [3.05, 3.63) is 35.0 Å². The van der Waals surface area contributed by atoms with E-state index in [0.717, 1.165) is 22.2 Å². The number of fused-ring (bicyclic) bond motifs is 1. The summed E-state index contributed by atoms with van der Waals surface area (Å²) in [6.45, 7) is 5.93. The zero-order valence-corrected chi connectivity index (χ0v) is 12.1. The second kappa shape index (κ2) is 4.30. The minimum Gasteiger partial charge on any atom is -0.347 e. The molecule has 2 rings (SSSR count). The van der Waals surface area contributed by atoms with E-state index in [4.69, 9.17) is 0 Å². The van der Waals surface area contributed by atoms with Gasteiger partial charge in [0.25, 0.3) is 0 Å². The Balaban J connectivity index is 2.80. The number of hydrogen-bond acceptors (Lipinski definition) is 1. The molecule has 1 heterocycles. The second-order valence-electron chi connectivity index (χ2n) is 4.52. The van der Waals surface area contributed by atoms with E-state index in [1.165, 1.54) is 5.56 Å². The summed E-state index contributed by atoms with van der Waals surface area (Å²) in [5.41, 5.74) is 4.21. The number of nitrogens with zero attached hydrogens (tertiary/aromatic N) is 1. The lowest BCUT2D eigenvalue weighted by Crippen LogP contribution is -2.11. The van der Waals surface area contributed by atoms with Gasteiger partial charge in [0.1, 0.15) is 0 Å². The number of alkyl halides is 1. The first-order chi connectivity index (χ1) is 7.93. The molecule has 0 fully saturated rings. The fourth-order valence-corrected chi connectivity index (χ4v) is 2.41. The predicted molar refractivity (Wildman–Crippen MR) is 75.1 cm³/mol. The maximum Gasteiger partial charge on any atom is 0.178 e. The minimum atomic E-state index is -0.145. The van der Waals surface area contributed by atoms with Gasteiger partial charge in [-0.05, 0) is 32.4 Å². The van der Waals surface area contributed by atoms with Crippen LogP contribution >= 0.6 is 15.9 Å². The van der Waals surface area contributed by atoms with E-state index in [2.05, 4.69) is 39.6 Å². The van der Waals surface area contributed by atoms with Gasteiger partial charge in [0.05, 0.1) is 4.83 Å². The summed E-state index contributed by atoms with van der Waals surface area (Å²) >= 11 is 3.36. The normalized spacial score (nSPS) is 13.0. The number of halogens is 1. The third-order valence-electron chi connectivity index (χ3n) is 3.26. The van der Waals surface area contributed by atoms with Gasteiger partial charge in [-0.2, -0.15) is 0 Å². The summed E-state index contributed by atoms with van der Waals surface area (Å²) < 4.78 is 2.09. The molecule has 2 nitrogen and oxygen atoms in total. The van der Waals surface area contributed by atoms with Crippen LogP contribution in [0.4, 0.5) is 0 Å². The lowest BCUT2D eigenvalue weighted by molar-refractivity contribution is 0.0996. The third-order valence-corrected chi connectivity index (χ3v) is 3.67. The van der Waals surface area contributed by atoms with Crippen molar-refractivity contribution in [3.63, 3.8) is 0 Å². The van der Waals surface area contributed by atoms with E-state index in [1.54, 1.807) is 0 Å². The van der Waals surface area contributed by atoms with Gasteiger partial charge >= 0.3 is 0 Å². The van der Waals surface area contributed by atoms with Crippen LogP contribution < -0.4 is 0 Å². The molecule has 17 heavy (non-hydrogen) atoms. The summed E-state index contributed by atoms with van der Waals surface area (Å²) in [5, 5.41) is 1.05. The number of Topliss-reactive ketones (excluding diaryl/α,β-unsaturated/α-hetero) is 1. The third kappa shape index (κ3) is 1.93. The molecular formula is C14H16BrNO. The fraction of sp³-hybridized carbons (Fsp3) is 0.357. The highest BCUT2D eigenvalue weighted by atomic mass is 79.9. The summed E-state index contributed by atoms with van der Waals surface area (Å²) in [6, 6.07) is 6.22. The van der Waals surface area contributed by atoms with Crippen LogP contribution in [-0.4, -0.2) is 15.2 Å². The van der Waals surface area contributed by atoms with Crippen molar-refractivity contribution in [2.75, 3.05) is 0 Å². The number of aromatic nitrogens is 1. The topological polar surface area (TPSA) is 22.0 Å². The minimum absolute atomic E-state index is 0.145. The summed E-state index contributed by atoms with van der Waals surface area (Å²) in [6.07, 6.45) is 0. The number of carbonyl (C=O) groups excluding carboxylic acids is 1. The van der Waals surface area contributed by atoms with Crippen LogP contribution in [0.15, 0.2) is 18.2 Å². The van der Waals surface area contributed by atoms with Gasteiger partial charge in [0.15, 0.2) is 5.78 Å². The predicted octanol–water partition coefficient (Wildman–Crippen LogP) is 3.76. The molecule has 0 saturated carbocycles. The van der Waals surface area contributed by atoms with Crippen molar-refractivity contribution in [1.82, 2.24) is 4.57 Å². The van der Waals surface area contributed by atoms with Gasteiger partial charge in [0, 0.05) is 29.2 Å². The number of rotatable bonds is 2. The van der Waals surface area contributed by atoms with Crippen molar-refractivity contribution in [2.45, 2.75) is 25.6 Å². The summed E-state index contributed by atoms with van der Waals surface area (Å²) in [4.78, 5) is 12.1. The molecule has 2 aromatic rings. The Bertz CT molecular complexity index is 596. The highest BCUT2D eigenvalue weighted by Crippen LogP contribution is 2.28. The molecule has 0 aliphatic heterocycles. The van der Waals surface area contributed by atoms with Crippen molar-refractivity contribution in [3.8, 4) is 0 Å². The summed E-state index contributed by atoms with van der Waals surface area (Å²) in [5.74, 6) is 0.150. The molecule has 90 valence electrons. The average molecular weight is 294 g/mol. The molecule has 0 aliphatic rings. The van der Waals surface area contributed by atoms with Crippen LogP contribution in [0.2, 0.25) is 0 Å². The van der Waals surface area contributed by atoms with E-state index in [1.807, 2.05) is 27.0 Å². The Morgan fingerprint density at radius 3 is 2.59 bits per heavy atom. The largest absolute Gasteiger partial charge is 0.347 e. The Kier molecular flexibility index (Phi) is 3.13. The molecule has 1 aromatic heterocycles. The Morgan fingerprint density at radius 1 is 1.35 bits per heavy atom. The maximum absolute atomic E-state index is 12.2. The molecule has 0 aliphatic carbocycles. The standard InChI is InChI=1S/C14H16BrNO/c1-8-5-6-11-12(7-8)16(4)10(3)13(11)14(17)9(2)15/h5-7,9H,1-4H3/t9-/m1/s1. The van der Waals surface area contributed by atoms with E-state index in [9.17, 15) is 4.79 Å². The van der Waals surface area contributed by atoms with Crippen molar-refractivity contribution in [1.29, 1.82) is 0 Å². The molecule has 3 heteroatoms. The summed E-state index contributed by atoms with van der Waals surface area (Å²) in [7, 11) is 2.01. The highest BCUT2D eigenvalue weighted by Gasteiger charge is 2.21. The molecule has 0 unspecified atom stereocenters. The van der Waals surface area contributed by atoms with Crippen LogP contribution in [-0.2, 0) is 7.05 Å². The van der Waals surface area contributed by atoms with Gasteiger partial charge in [-0.15, -0.1) is 0 Å². The zero-order chi connectivity index (χ0) is 12.7. The van der Waals surface area contributed by atoms with Crippen LogP contribution in [0.3, 0.4) is 0 Å². The molecule has 0 saturated heterocycles.